The highest BCUT2D eigenvalue weighted by molar-refractivity contribution is 6.44. The van der Waals surface area contributed by atoms with Crippen LogP contribution in [0.5, 0.6) is 0 Å². The number of amides is 2. The van der Waals surface area contributed by atoms with Crippen molar-refractivity contribution in [2.45, 2.75) is 20.3 Å². The molecule has 0 aromatic heterocycles. The normalized spacial score (nSPS) is 18.3. The lowest BCUT2D eigenvalue weighted by Gasteiger charge is -2.21. The Bertz CT molecular complexity index is 853. The van der Waals surface area contributed by atoms with Crippen molar-refractivity contribution in [2.75, 3.05) is 16.8 Å². The second-order valence-corrected chi connectivity index (χ2v) is 7.25. The van der Waals surface area contributed by atoms with Crippen LogP contribution in [0.4, 0.5) is 11.4 Å². The Morgan fingerprint density at radius 1 is 1.15 bits per heavy atom. The highest BCUT2D eigenvalue weighted by atomic mass is 35.5. The van der Waals surface area contributed by atoms with Crippen molar-refractivity contribution in [3.8, 4) is 0 Å². The predicted octanol–water partition coefficient (Wildman–Crippen LogP) is 4.93. The maximum absolute atomic E-state index is 12.8. The minimum absolute atomic E-state index is 0.0181. The van der Waals surface area contributed by atoms with Gasteiger partial charge >= 0.3 is 0 Å². The molecular weight excluding hydrogens is 371 g/mol. The molecule has 1 aliphatic rings. The standard InChI is InChI=1S/C20H20Cl2N2O2/c1-3-24(13-7-4-6-12(2)10-13)20(26)15-11-14(15)19(25)23-17-9-5-8-16(21)18(17)22/h4-10,14-15H,3,11H2,1-2H3,(H,23,25). The first-order chi connectivity index (χ1) is 12.4. The minimum atomic E-state index is -0.337. The van der Waals surface area contributed by atoms with Crippen LogP contribution < -0.4 is 10.2 Å². The molecule has 6 heteroatoms. The van der Waals surface area contributed by atoms with Gasteiger partial charge in [0.05, 0.1) is 27.6 Å². The van der Waals surface area contributed by atoms with Crippen LogP contribution in [-0.4, -0.2) is 18.4 Å². The van der Waals surface area contributed by atoms with Gasteiger partial charge in [-0.15, -0.1) is 0 Å². The summed E-state index contributed by atoms with van der Waals surface area (Å²) in [4.78, 5) is 27.0. The average Bonchev–Trinajstić information content (AvgIpc) is 3.40. The van der Waals surface area contributed by atoms with Crippen LogP contribution in [0.25, 0.3) is 0 Å². The first-order valence-electron chi connectivity index (χ1n) is 8.55. The number of anilines is 2. The molecule has 0 aliphatic heterocycles. The summed E-state index contributed by atoms with van der Waals surface area (Å²) in [6.45, 7) is 4.49. The summed E-state index contributed by atoms with van der Waals surface area (Å²) >= 11 is 12.1. The first-order valence-corrected chi connectivity index (χ1v) is 9.31. The molecule has 0 radical (unpaired) electrons. The van der Waals surface area contributed by atoms with E-state index in [9.17, 15) is 9.59 Å². The van der Waals surface area contributed by atoms with Gasteiger partial charge in [-0.3, -0.25) is 9.59 Å². The molecule has 0 spiro atoms. The maximum atomic E-state index is 12.8. The van der Waals surface area contributed by atoms with Gasteiger partial charge in [-0.2, -0.15) is 0 Å². The van der Waals surface area contributed by atoms with Gasteiger partial charge < -0.3 is 10.2 Å². The molecule has 0 heterocycles. The predicted molar refractivity (Wildman–Crippen MR) is 106 cm³/mol. The lowest BCUT2D eigenvalue weighted by atomic mass is 10.2. The number of hydrogen-bond donors (Lipinski definition) is 1. The van der Waals surface area contributed by atoms with Crippen molar-refractivity contribution in [2.24, 2.45) is 11.8 Å². The Kier molecular flexibility index (Phi) is 5.54. The summed E-state index contributed by atoms with van der Waals surface area (Å²) in [5.41, 5.74) is 2.42. The quantitative estimate of drug-likeness (QED) is 0.786. The third-order valence-electron chi connectivity index (χ3n) is 4.55. The Balaban J connectivity index is 1.67. The van der Waals surface area contributed by atoms with E-state index in [0.29, 0.717) is 28.7 Å². The summed E-state index contributed by atoms with van der Waals surface area (Å²) in [5.74, 6) is -0.854. The van der Waals surface area contributed by atoms with Gasteiger partial charge in [0.25, 0.3) is 0 Å². The molecule has 1 N–H and O–H groups in total. The van der Waals surface area contributed by atoms with E-state index in [-0.39, 0.29) is 23.7 Å². The third kappa shape index (κ3) is 3.87. The Morgan fingerprint density at radius 2 is 1.88 bits per heavy atom. The zero-order valence-corrected chi connectivity index (χ0v) is 16.1. The van der Waals surface area contributed by atoms with E-state index in [1.165, 1.54) is 0 Å². The fourth-order valence-corrected chi connectivity index (χ4v) is 3.39. The van der Waals surface area contributed by atoms with Crippen molar-refractivity contribution in [1.82, 2.24) is 0 Å². The van der Waals surface area contributed by atoms with E-state index in [1.54, 1.807) is 23.1 Å². The number of halogens is 2. The molecule has 2 amide bonds. The third-order valence-corrected chi connectivity index (χ3v) is 5.37. The van der Waals surface area contributed by atoms with Gasteiger partial charge in [0.15, 0.2) is 0 Å². The van der Waals surface area contributed by atoms with Crippen LogP contribution in [-0.2, 0) is 9.59 Å². The number of carbonyl (C=O) groups is 2. The van der Waals surface area contributed by atoms with Gasteiger partial charge in [0.1, 0.15) is 0 Å². The molecule has 1 saturated carbocycles. The van der Waals surface area contributed by atoms with Gasteiger partial charge in [0, 0.05) is 12.2 Å². The molecule has 2 aromatic rings. The van der Waals surface area contributed by atoms with Crippen LogP contribution in [0.3, 0.4) is 0 Å². The second kappa shape index (κ2) is 7.68. The van der Waals surface area contributed by atoms with Gasteiger partial charge in [-0.05, 0) is 50.1 Å². The molecular formula is C20H20Cl2N2O2. The Morgan fingerprint density at radius 3 is 2.58 bits per heavy atom. The number of nitrogens with zero attached hydrogens (tertiary/aromatic N) is 1. The van der Waals surface area contributed by atoms with Crippen molar-refractivity contribution in [1.29, 1.82) is 0 Å². The van der Waals surface area contributed by atoms with Crippen LogP contribution in [0.2, 0.25) is 10.0 Å². The topological polar surface area (TPSA) is 49.4 Å². The monoisotopic (exact) mass is 390 g/mol. The first kappa shape index (κ1) is 18.7. The molecule has 136 valence electrons. The van der Waals surface area contributed by atoms with Crippen molar-refractivity contribution >= 4 is 46.4 Å². The molecule has 2 unspecified atom stereocenters. The van der Waals surface area contributed by atoms with E-state index < -0.39 is 0 Å². The van der Waals surface area contributed by atoms with Crippen molar-refractivity contribution < 1.29 is 9.59 Å². The number of carbonyl (C=O) groups excluding carboxylic acids is 2. The van der Waals surface area contributed by atoms with Crippen molar-refractivity contribution in [3.63, 3.8) is 0 Å². The number of benzene rings is 2. The SMILES string of the molecule is CCN(C(=O)C1CC1C(=O)Nc1cccc(Cl)c1Cl)c1cccc(C)c1. The Labute approximate surface area is 163 Å². The molecule has 3 rings (SSSR count). The average molecular weight is 391 g/mol. The number of aryl methyl sites for hydroxylation is 1. The molecule has 0 bridgehead atoms. The van der Waals surface area contributed by atoms with Crippen LogP contribution in [0.15, 0.2) is 42.5 Å². The lowest BCUT2D eigenvalue weighted by Crippen LogP contribution is -2.33. The number of rotatable bonds is 5. The van der Waals surface area contributed by atoms with Gasteiger partial charge in [-0.25, -0.2) is 0 Å². The van der Waals surface area contributed by atoms with Crippen molar-refractivity contribution in [3.05, 3.63) is 58.1 Å². The van der Waals surface area contributed by atoms with E-state index in [0.717, 1.165) is 11.3 Å². The molecule has 0 saturated heterocycles. The highest BCUT2D eigenvalue weighted by Crippen LogP contribution is 2.42. The largest absolute Gasteiger partial charge is 0.324 e. The minimum Gasteiger partial charge on any atom is -0.324 e. The maximum Gasteiger partial charge on any atom is 0.230 e. The van der Waals surface area contributed by atoms with Gasteiger partial charge in [0.2, 0.25) is 11.8 Å². The van der Waals surface area contributed by atoms with Gasteiger partial charge in [-0.1, -0.05) is 41.4 Å². The molecule has 2 atom stereocenters. The molecule has 26 heavy (non-hydrogen) atoms. The van der Waals surface area contributed by atoms with Crippen LogP contribution in [0, 0.1) is 18.8 Å². The number of hydrogen-bond acceptors (Lipinski definition) is 2. The Hall–Kier alpha value is -2.04. The van der Waals surface area contributed by atoms with E-state index >= 15 is 0 Å². The van der Waals surface area contributed by atoms with Crippen LogP contribution in [0.1, 0.15) is 18.9 Å². The highest BCUT2D eigenvalue weighted by Gasteiger charge is 2.49. The molecule has 2 aromatic carbocycles. The van der Waals surface area contributed by atoms with E-state index in [4.69, 9.17) is 23.2 Å². The van der Waals surface area contributed by atoms with E-state index in [2.05, 4.69) is 5.32 Å². The molecule has 1 fully saturated rings. The summed E-state index contributed by atoms with van der Waals surface area (Å²) in [5, 5.41) is 3.46. The fraction of sp³-hybridized carbons (Fsp3) is 0.300. The smallest absolute Gasteiger partial charge is 0.230 e. The lowest BCUT2D eigenvalue weighted by molar-refractivity contribution is -0.123. The molecule has 4 nitrogen and oxygen atoms in total. The number of nitrogens with one attached hydrogen (secondary N) is 1. The molecule has 1 aliphatic carbocycles. The summed E-state index contributed by atoms with van der Waals surface area (Å²) in [7, 11) is 0. The summed E-state index contributed by atoms with van der Waals surface area (Å²) < 4.78 is 0. The van der Waals surface area contributed by atoms with Crippen LogP contribution >= 0.6 is 23.2 Å². The fourth-order valence-electron chi connectivity index (χ4n) is 3.05. The second-order valence-electron chi connectivity index (χ2n) is 6.46. The summed E-state index contributed by atoms with van der Waals surface area (Å²) in [6, 6.07) is 12.9. The summed E-state index contributed by atoms with van der Waals surface area (Å²) in [6.07, 6.45) is 0.547. The van der Waals surface area contributed by atoms with E-state index in [1.807, 2.05) is 38.1 Å². The zero-order chi connectivity index (χ0) is 18.8. The zero-order valence-electron chi connectivity index (χ0n) is 14.6.